The third-order valence-corrected chi connectivity index (χ3v) is 1.84. The molecular formula is C6H11F2NO. The van der Waals surface area contributed by atoms with Gasteiger partial charge in [0.05, 0.1) is 12.0 Å². The van der Waals surface area contributed by atoms with E-state index < -0.39 is 18.4 Å². The lowest BCUT2D eigenvalue weighted by Crippen LogP contribution is -2.24. The zero-order chi connectivity index (χ0) is 7.72. The molecule has 1 rings (SSSR count). The molecule has 0 aliphatic carbocycles. The van der Waals surface area contributed by atoms with Crippen LogP contribution in [-0.4, -0.2) is 42.7 Å². The van der Waals surface area contributed by atoms with Gasteiger partial charge in [0.25, 0.3) is 0 Å². The van der Waals surface area contributed by atoms with Crippen LogP contribution in [0.3, 0.4) is 0 Å². The molecule has 0 amide bonds. The van der Waals surface area contributed by atoms with Crippen molar-refractivity contribution < 1.29 is 13.9 Å². The lowest BCUT2D eigenvalue weighted by atomic mass is 10.1. The molecule has 2 nitrogen and oxygen atoms in total. The van der Waals surface area contributed by atoms with Gasteiger partial charge in [-0.05, 0) is 7.05 Å². The van der Waals surface area contributed by atoms with Crippen LogP contribution in [-0.2, 0) is 0 Å². The summed E-state index contributed by atoms with van der Waals surface area (Å²) in [6, 6.07) is 0. The molecule has 4 heteroatoms. The molecule has 10 heavy (non-hydrogen) atoms. The average Bonchev–Trinajstić information content (AvgIpc) is 2.10. The molecule has 0 bridgehead atoms. The quantitative estimate of drug-likeness (QED) is 0.577. The highest BCUT2D eigenvalue weighted by Gasteiger charge is 2.35. The highest BCUT2D eigenvalue weighted by atomic mass is 19.3. The van der Waals surface area contributed by atoms with E-state index in [-0.39, 0.29) is 0 Å². The van der Waals surface area contributed by atoms with E-state index in [2.05, 4.69) is 0 Å². The Morgan fingerprint density at radius 2 is 2.10 bits per heavy atom. The van der Waals surface area contributed by atoms with Crippen molar-refractivity contribution in [3.8, 4) is 0 Å². The Bertz CT molecular complexity index is 120. The van der Waals surface area contributed by atoms with Gasteiger partial charge >= 0.3 is 0 Å². The molecule has 1 saturated heterocycles. The van der Waals surface area contributed by atoms with Crippen LogP contribution in [0.1, 0.15) is 0 Å². The number of aliphatic hydroxyl groups is 1. The van der Waals surface area contributed by atoms with Crippen LogP contribution >= 0.6 is 0 Å². The van der Waals surface area contributed by atoms with Crippen molar-refractivity contribution in [2.24, 2.45) is 5.92 Å². The van der Waals surface area contributed by atoms with Gasteiger partial charge in [0.1, 0.15) is 0 Å². The molecule has 0 aromatic heterocycles. The van der Waals surface area contributed by atoms with Gasteiger partial charge in [-0.3, -0.25) is 0 Å². The number of likely N-dealkylation sites (tertiary alicyclic amines) is 1. The van der Waals surface area contributed by atoms with Crippen molar-refractivity contribution in [1.82, 2.24) is 4.90 Å². The highest BCUT2D eigenvalue weighted by molar-refractivity contribution is 4.82. The number of nitrogens with zero attached hydrogens (tertiary/aromatic N) is 1. The summed E-state index contributed by atoms with van der Waals surface area (Å²) in [7, 11) is 1.73. The number of hydrogen-bond donors (Lipinski definition) is 1. The Hall–Kier alpha value is -0.220. The Kier molecular flexibility index (Phi) is 2.21. The first-order chi connectivity index (χ1) is 4.61. The van der Waals surface area contributed by atoms with Crippen LogP contribution in [0.4, 0.5) is 8.78 Å². The Morgan fingerprint density at radius 1 is 1.50 bits per heavy atom. The van der Waals surface area contributed by atoms with Crippen molar-refractivity contribution in [1.29, 1.82) is 0 Å². The summed E-state index contributed by atoms with van der Waals surface area (Å²) in [5, 5.41) is 9.01. The molecule has 0 aromatic rings. The number of hydrogen-bond acceptors (Lipinski definition) is 2. The van der Waals surface area contributed by atoms with E-state index in [1.54, 1.807) is 11.9 Å². The van der Waals surface area contributed by atoms with Crippen LogP contribution in [0.25, 0.3) is 0 Å². The van der Waals surface area contributed by atoms with Gasteiger partial charge in [-0.15, -0.1) is 0 Å². The fourth-order valence-electron chi connectivity index (χ4n) is 1.26. The predicted molar refractivity (Wildman–Crippen MR) is 33.0 cm³/mol. The Morgan fingerprint density at radius 3 is 2.30 bits per heavy atom. The molecule has 2 unspecified atom stereocenters. The number of β-amino-alcohol motifs (C(OH)–C–C–N with tert-alkyl or cyclic N) is 1. The van der Waals surface area contributed by atoms with Gasteiger partial charge in [0, 0.05) is 13.1 Å². The monoisotopic (exact) mass is 151 g/mol. The van der Waals surface area contributed by atoms with Crippen LogP contribution in [0.2, 0.25) is 0 Å². The Balaban J connectivity index is 2.46. The second-order valence-corrected chi connectivity index (χ2v) is 2.79. The zero-order valence-corrected chi connectivity index (χ0v) is 5.80. The minimum Gasteiger partial charge on any atom is -0.391 e. The lowest BCUT2D eigenvalue weighted by molar-refractivity contribution is 0.0202. The highest BCUT2D eigenvalue weighted by Crippen LogP contribution is 2.21. The van der Waals surface area contributed by atoms with Gasteiger partial charge in [-0.1, -0.05) is 0 Å². The van der Waals surface area contributed by atoms with Crippen LogP contribution < -0.4 is 0 Å². The molecule has 0 aromatic carbocycles. The van der Waals surface area contributed by atoms with E-state index in [1.165, 1.54) is 0 Å². The topological polar surface area (TPSA) is 23.5 Å². The molecule has 0 radical (unpaired) electrons. The summed E-state index contributed by atoms with van der Waals surface area (Å²) >= 11 is 0. The van der Waals surface area contributed by atoms with Crippen molar-refractivity contribution in [3.05, 3.63) is 0 Å². The minimum absolute atomic E-state index is 0.304. The molecular weight excluding hydrogens is 140 g/mol. The SMILES string of the molecule is CN1CC(O)C(C(F)F)C1. The summed E-state index contributed by atoms with van der Waals surface area (Å²) in [6.07, 6.45) is -3.23. The van der Waals surface area contributed by atoms with Gasteiger partial charge in [-0.25, -0.2) is 8.78 Å². The molecule has 1 aliphatic heterocycles. The van der Waals surface area contributed by atoms with E-state index in [4.69, 9.17) is 5.11 Å². The lowest BCUT2D eigenvalue weighted by Gasteiger charge is -2.10. The standard InChI is InChI=1S/C6H11F2NO/c1-9-2-4(6(7)8)5(10)3-9/h4-6,10H,2-3H2,1H3. The number of aliphatic hydroxyl groups excluding tert-OH is 1. The molecule has 60 valence electrons. The first kappa shape index (κ1) is 7.88. The number of halogens is 2. The maximum Gasteiger partial charge on any atom is 0.245 e. The smallest absolute Gasteiger partial charge is 0.245 e. The van der Waals surface area contributed by atoms with Crippen LogP contribution in [0.15, 0.2) is 0 Å². The summed E-state index contributed by atoms with van der Waals surface area (Å²) in [5.74, 6) is -0.843. The molecule has 1 aliphatic rings. The van der Waals surface area contributed by atoms with E-state index >= 15 is 0 Å². The van der Waals surface area contributed by atoms with Crippen LogP contribution in [0.5, 0.6) is 0 Å². The fraction of sp³-hybridized carbons (Fsp3) is 1.00. The number of rotatable bonds is 1. The summed E-state index contributed by atoms with van der Waals surface area (Å²) in [4.78, 5) is 1.71. The molecule has 2 atom stereocenters. The molecule has 1 heterocycles. The normalized spacial score (nSPS) is 35.7. The van der Waals surface area contributed by atoms with Gasteiger partial charge in [-0.2, -0.15) is 0 Å². The number of likely N-dealkylation sites (N-methyl/N-ethyl adjacent to an activating group) is 1. The van der Waals surface area contributed by atoms with Crippen LogP contribution in [0, 0.1) is 5.92 Å². The number of alkyl halides is 2. The van der Waals surface area contributed by atoms with Crippen molar-refractivity contribution in [2.45, 2.75) is 12.5 Å². The maximum atomic E-state index is 12.0. The summed E-state index contributed by atoms with van der Waals surface area (Å²) in [5.41, 5.74) is 0. The van der Waals surface area contributed by atoms with Gasteiger partial charge < -0.3 is 10.0 Å². The molecule has 1 fully saturated rings. The third-order valence-electron chi connectivity index (χ3n) is 1.84. The molecule has 0 saturated carbocycles. The van der Waals surface area contributed by atoms with Crippen molar-refractivity contribution in [2.75, 3.05) is 20.1 Å². The van der Waals surface area contributed by atoms with E-state index in [0.717, 1.165) is 0 Å². The van der Waals surface area contributed by atoms with Gasteiger partial charge in [0.2, 0.25) is 6.43 Å². The first-order valence-electron chi connectivity index (χ1n) is 3.26. The maximum absolute atomic E-state index is 12.0. The zero-order valence-electron chi connectivity index (χ0n) is 5.80. The fourth-order valence-corrected chi connectivity index (χ4v) is 1.26. The predicted octanol–water partition coefficient (Wildman–Crippen LogP) is 0.174. The van der Waals surface area contributed by atoms with E-state index in [1.807, 2.05) is 0 Å². The summed E-state index contributed by atoms with van der Waals surface area (Å²) in [6.45, 7) is 0.674. The Labute approximate surface area is 58.4 Å². The minimum atomic E-state index is -2.39. The van der Waals surface area contributed by atoms with Gasteiger partial charge in [0.15, 0.2) is 0 Å². The summed E-state index contributed by atoms with van der Waals surface area (Å²) < 4.78 is 24.0. The van der Waals surface area contributed by atoms with Crippen molar-refractivity contribution in [3.63, 3.8) is 0 Å². The first-order valence-corrected chi connectivity index (χ1v) is 3.26. The second-order valence-electron chi connectivity index (χ2n) is 2.79. The van der Waals surface area contributed by atoms with E-state index in [0.29, 0.717) is 13.1 Å². The van der Waals surface area contributed by atoms with Crippen molar-refractivity contribution >= 4 is 0 Å². The largest absolute Gasteiger partial charge is 0.391 e. The third kappa shape index (κ3) is 1.44. The molecule has 1 N–H and O–H groups in total. The van der Waals surface area contributed by atoms with E-state index in [9.17, 15) is 8.78 Å². The molecule has 0 spiro atoms. The second kappa shape index (κ2) is 2.80. The average molecular weight is 151 g/mol.